The second-order valence-corrected chi connectivity index (χ2v) is 6.76. The van der Waals surface area contributed by atoms with Crippen molar-refractivity contribution < 1.29 is 33.8 Å². The fraction of sp³-hybridized carbons (Fsp3) is 0.750. The fourth-order valence-electron chi connectivity index (χ4n) is 1.85. The summed E-state index contributed by atoms with van der Waals surface area (Å²) >= 11 is 0. The topological polar surface area (TPSA) is 171 Å². The van der Waals surface area contributed by atoms with Crippen LogP contribution in [0, 0.1) is 0 Å². The highest BCUT2D eigenvalue weighted by molar-refractivity contribution is 5.90. The first-order valence-electron chi connectivity index (χ1n) is 8.38. The Morgan fingerprint density at radius 2 is 1.69 bits per heavy atom. The van der Waals surface area contributed by atoms with Gasteiger partial charge in [0.25, 0.3) is 0 Å². The van der Waals surface area contributed by atoms with Gasteiger partial charge in [0.2, 0.25) is 0 Å². The summed E-state index contributed by atoms with van der Waals surface area (Å²) in [6, 6.07) is -2.26. The number of nitrogens with two attached hydrogens (primary N) is 2. The number of nitrogens with one attached hydrogen (secondary N) is 1. The van der Waals surface area contributed by atoms with Crippen LogP contribution in [0.25, 0.3) is 0 Å². The Kier molecular flexibility index (Phi) is 10.5. The normalized spacial score (nSPS) is 13.4. The Labute approximate surface area is 152 Å². The van der Waals surface area contributed by atoms with E-state index >= 15 is 0 Å². The van der Waals surface area contributed by atoms with E-state index in [9.17, 15) is 19.2 Å². The van der Waals surface area contributed by atoms with Gasteiger partial charge in [-0.3, -0.25) is 4.79 Å². The van der Waals surface area contributed by atoms with E-state index < -0.39 is 41.7 Å². The van der Waals surface area contributed by atoms with Crippen molar-refractivity contribution in [3.63, 3.8) is 0 Å². The first-order valence-corrected chi connectivity index (χ1v) is 8.38. The number of carboxylic acids is 1. The summed E-state index contributed by atoms with van der Waals surface area (Å²) in [7, 11) is 0. The first-order chi connectivity index (χ1) is 12.0. The quantitative estimate of drug-likeness (QED) is 0.237. The summed E-state index contributed by atoms with van der Waals surface area (Å²) in [6.07, 6.45) is -0.183. The monoisotopic (exact) mass is 375 g/mol. The van der Waals surface area contributed by atoms with Crippen molar-refractivity contribution in [1.29, 1.82) is 0 Å². The van der Waals surface area contributed by atoms with E-state index in [4.69, 9.17) is 21.3 Å². The molecule has 2 atom stereocenters. The van der Waals surface area contributed by atoms with Crippen LogP contribution in [0.15, 0.2) is 0 Å². The maximum absolute atomic E-state index is 12.2. The lowest BCUT2D eigenvalue weighted by Crippen LogP contribution is -2.46. The van der Waals surface area contributed by atoms with Crippen molar-refractivity contribution in [2.24, 2.45) is 11.5 Å². The van der Waals surface area contributed by atoms with Crippen molar-refractivity contribution >= 4 is 24.0 Å². The lowest BCUT2D eigenvalue weighted by atomic mass is 10.1. The molecule has 0 spiro atoms. The maximum atomic E-state index is 12.2. The Bertz CT molecular complexity index is 503. The number of carboxylic acid groups (broad SMARTS) is 1. The molecule has 10 heteroatoms. The number of rotatable bonds is 10. The summed E-state index contributed by atoms with van der Waals surface area (Å²) in [5.74, 6) is -2.86. The Morgan fingerprint density at radius 3 is 2.19 bits per heavy atom. The van der Waals surface area contributed by atoms with Crippen LogP contribution in [0.1, 0.15) is 52.9 Å². The molecule has 10 nitrogen and oxygen atoms in total. The van der Waals surface area contributed by atoms with E-state index in [2.05, 4.69) is 10.1 Å². The number of alkyl carbamates (subject to hydrolysis) is 1. The third-order valence-electron chi connectivity index (χ3n) is 3.10. The van der Waals surface area contributed by atoms with Gasteiger partial charge in [-0.25, -0.2) is 14.4 Å². The number of carbonyl (C=O) groups is 4. The van der Waals surface area contributed by atoms with Crippen LogP contribution in [-0.4, -0.2) is 53.3 Å². The van der Waals surface area contributed by atoms with Gasteiger partial charge in [-0.2, -0.15) is 0 Å². The molecule has 6 N–H and O–H groups in total. The third kappa shape index (κ3) is 11.4. The number of carbonyl (C=O) groups excluding carboxylic acids is 3. The van der Waals surface area contributed by atoms with Gasteiger partial charge in [0, 0.05) is 6.42 Å². The smallest absolute Gasteiger partial charge is 0.415 e. The highest BCUT2D eigenvalue weighted by atomic mass is 16.6. The van der Waals surface area contributed by atoms with Gasteiger partial charge in [0.1, 0.15) is 17.7 Å². The molecule has 0 saturated heterocycles. The highest BCUT2D eigenvalue weighted by Gasteiger charge is 2.28. The van der Waals surface area contributed by atoms with Gasteiger partial charge in [-0.1, -0.05) is 0 Å². The maximum Gasteiger partial charge on any atom is 0.415 e. The molecule has 0 aromatic carbocycles. The number of aliphatic carboxylic acids is 1. The number of hydrogen-bond acceptors (Lipinski definition) is 8. The van der Waals surface area contributed by atoms with Crippen LogP contribution in [0.2, 0.25) is 0 Å². The molecule has 0 bridgehead atoms. The number of hydrogen-bond donors (Lipinski definition) is 4. The lowest BCUT2D eigenvalue weighted by Gasteiger charge is -2.24. The molecule has 26 heavy (non-hydrogen) atoms. The van der Waals surface area contributed by atoms with Gasteiger partial charge < -0.3 is 31.4 Å². The molecule has 0 saturated carbocycles. The van der Waals surface area contributed by atoms with E-state index in [1.807, 2.05) is 0 Å². The molecule has 0 aliphatic rings. The second kappa shape index (κ2) is 11.4. The van der Waals surface area contributed by atoms with Crippen molar-refractivity contribution in [3.05, 3.63) is 0 Å². The predicted molar refractivity (Wildman–Crippen MR) is 92.0 cm³/mol. The second-order valence-electron chi connectivity index (χ2n) is 6.76. The largest absolute Gasteiger partial charge is 0.481 e. The molecule has 0 heterocycles. The molecule has 0 radical (unpaired) electrons. The van der Waals surface area contributed by atoms with Crippen LogP contribution in [0.3, 0.4) is 0 Å². The minimum atomic E-state index is -1.26. The van der Waals surface area contributed by atoms with Gasteiger partial charge >= 0.3 is 24.0 Å². The van der Waals surface area contributed by atoms with E-state index in [-0.39, 0.29) is 19.3 Å². The Morgan fingerprint density at radius 1 is 1.08 bits per heavy atom. The van der Waals surface area contributed by atoms with Crippen LogP contribution >= 0.6 is 0 Å². The molecule has 1 amide bonds. The molecule has 0 rings (SSSR count). The summed E-state index contributed by atoms with van der Waals surface area (Å²) in [6.45, 7) is 5.49. The van der Waals surface area contributed by atoms with Crippen LogP contribution in [0.5, 0.6) is 0 Å². The molecule has 150 valence electrons. The average Bonchev–Trinajstić information content (AvgIpc) is 2.49. The zero-order valence-electron chi connectivity index (χ0n) is 15.4. The van der Waals surface area contributed by atoms with Crippen LogP contribution in [0.4, 0.5) is 4.79 Å². The summed E-state index contributed by atoms with van der Waals surface area (Å²) < 4.78 is 9.76. The molecular formula is C16H29N3O7. The Hall–Kier alpha value is -2.20. The van der Waals surface area contributed by atoms with Crippen LogP contribution in [-0.2, 0) is 23.9 Å². The molecule has 0 aliphatic carbocycles. The standard InChI is InChI=1S/C16H29N3O7/c1-16(2,3)26-14(23)11(6-4-5-9-17)19-15(24)25-13(22)10(18)7-8-12(20)21/h10-11H,4-9,17-18H2,1-3H3,(H,19,24)(H,20,21). The van der Waals surface area contributed by atoms with E-state index in [1.54, 1.807) is 20.8 Å². The molecule has 0 aromatic heterocycles. The van der Waals surface area contributed by atoms with Gasteiger partial charge in [0.05, 0.1) is 0 Å². The lowest BCUT2D eigenvalue weighted by molar-refractivity contribution is -0.158. The third-order valence-corrected chi connectivity index (χ3v) is 3.10. The van der Waals surface area contributed by atoms with E-state index in [0.717, 1.165) is 0 Å². The number of esters is 2. The average molecular weight is 375 g/mol. The molecule has 0 fully saturated rings. The number of unbranched alkanes of at least 4 members (excludes halogenated alkanes) is 1. The number of amides is 1. The van der Waals surface area contributed by atoms with Gasteiger partial charge in [-0.15, -0.1) is 0 Å². The summed E-state index contributed by atoms with van der Waals surface area (Å²) in [4.78, 5) is 46.2. The molecule has 0 aliphatic heterocycles. The molecule has 0 aromatic rings. The van der Waals surface area contributed by atoms with Crippen molar-refractivity contribution in [1.82, 2.24) is 5.32 Å². The van der Waals surface area contributed by atoms with Crippen molar-refractivity contribution in [2.45, 2.75) is 70.6 Å². The van der Waals surface area contributed by atoms with Crippen molar-refractivity contribution in [2.75, 3.05) is 6.54 Å². The highest BCUT2D eigenvalue weighted by Crippen LogP contribution is 2.11. The summed E-state index contributed by atoms with van der Waals surface area (Å²) in [5, 5.41) is 10.8. The van der Waals surface area contributed by atoms with Gasteiger partial charge in [0.15, 0.2) is 0 Å². The van der Waals surface area contributed by atoms with E-state index in [1.165, 1.54) is 0 Å². The Balaban J connectivity index is 4.71. The molecule has 2 unspecified atom stereocenters. The number of ether oxygens (including phenoxy) is 2. The SMILES string of the molecule is CC(C)(C)OC(=O)C(CCCCN)NC(=O)OC(=O)C(N)CCC(=O)O. The zero-order chi connectivity index (χ0) is 20.3. The minimum absolute atomic E-state index is 0.173. The van der Waals surface area contributed by atoms with E-state index in [0.29, 0.717) is 19.4 Å². The van der Waals surface area contributed by atoms with Crippen LogP contribution < -0.4 is 16.8 Å². The summed E-state index contributed by atoms with van der Waals surface area (Å²) in [5.41, 5.74) is 10.1. The zero-order valence-corrected chi connectivity index (χ0v) is 15.4. The van der Waals surface area contributed by atoms with Gasteiger partial charge in [-0.05, 0) is 53.0 Å². The molecular weight excluding hydrogens is 346 g/mol. The fourth-order valence-corrected chi connectivity index (χ4v) is 1.85. The minimum Gasteiger partial charge on any atom is -0.481 e. The first kappa shape index (κ1) is 23.8. The predicted octanol–water partition coefficient (Wildman–Crippen LogP) is 0.271. The van der Waals surface area contributed by atoms with Crippen molar-refractivity contribution in [3.8, 4) is 0 Å².